The highest BCUT2D eigenvalue weighted by Crippen LogP contribution is 2.25. The molecular weight excluding hydrogens is 450 g/mol. The van der Waals surface area contributed by atoms with E-state index in [4.69, 9.17) is 4.52 Å². The fourth-order valence-corrected chi connectivity index (χ4v) is 2.97. The molecule has 0 aliphatic carbocycles. The maximum atomic E-state index is 14.7. The minimum Gasteiger partial charge on any atom is -0.467 e. The number of nitrogens with one attached hydrogen (secondary N) is 3. The largest absolute Gasteiger partial charge is 0.467 e. The van der Waals surface area contributed by atoms with Gasteiger partial charge in [-0.15, -0.1) is 0 Å². The molecule has 11 heteroatoms. The maximum Gasteiger partial charge on any atom is 0.328 e. The van der Waals surface area contributed by atoms with Gasteiger partial charge in [0.15, 0.2) is 0 Å². The number of ether oxygens (including phenoxy) is 1. The Balaban J connectivity index is 1.68. The van der Waals surface area contributed by atoms with Gasteiger partial charge in [0.05, 0.1) is 7.11 Å². The number of amides is 3. The van der Waals surface area contributed by atoms with Crippen LogP contribution >= 0.6 is 0 Å². The number of hydrogen-bond donors (Lipinski definition) is 3. The fraction of sp³-hybridized carbons (Fsp3) is 0.217. The number of methoxy groups -OCH3 is 1. The van der Waals surface area contributed by atoms with Crippen molar-refractivity contribution >= 4 is 29.3 Å². The molecule has 0 aliphatic heterocycles. The van der Waals surface area contributed by atoms with Gasteiger partial charge in [-0.25, -0.2) is 18.4 Å². The van der Waals surface area contributed by atoms with Gasteiger partial charge < -0.3 is 25.2 Å². The van der Waals surface area contributed by atoms with E-state index in [0.717, 1.165) is 6.07 Å². The molecule has 0 fully saturated rings. The van der Waals surface area contributed by atoms with Crippen molar-refractivity contribution in [2.75, 3.05) is 17.7 Å². The Morgan fingerprint density at radius 3 is 2.24 bits per heavy atom. The maximum absolute atomic E-state index is 14.7. The second-order valence-corrected chi connectivity index (χ2v) is 7.58. The van der Waals surface area contributed by atoms with Gasteiger partial charge in [-0.2, -0.15) is 0 Å². The van der Waals surface area contributed by atoms with Crippen LogP contribution in [0.5, 0.6) is 0 Å². The minimum absolute atomic E-state index is 0.0284. The van der Waals surface area contributed by atoms with Crippen molar-refractivity contribution in [2.24, 2.45) is 5.92 Å². The third kappa shape index (κ3) is 5.94. The predicted octanol–water partition coefficient (Wildman–Crippen LogP) is 4.19. The minimum atomic E-state index is -0.894. The molecule has 0 radical (unpaired) electrons. The van der Waals surface area contributed by atoms with Crippen LogP contribution in [0.4, 0.5) is 25.0 Å². The lowest BCUT2D eigenvalue weighted by Gasteiger charge is -2.18. The van der Waals surface area contributed by atoms with Gasteiger partial charge in [0.2, 0.25) is 5.76 Å². The third-order valence-corrected chi connectivity index (χ3v) is 4.75. The van der Waals surface area contributed by atoms with Crippen molar-refractivity contribution in [1.82, 2.24) is 10.5 Å². The summed E-state index contributed by atoms with van der Waals surface area (Å²) in [6, 6.07) is 8.69. The molecular formula is C23H22F2N4O5. The molecule has 0 aliphatic rings. The van der Waals surface area contributed by atoms with Gasteiger partial charge in [-0.05, 0) is 48.4 Å². The highest BCUT2D eigenvalue weighted by atomic mass is 19.1. The molecule has 34 heavy (non-hydrogen) atoms. The van der Waals surface area contributed by atoms with Gasteiger partial charge >= 0.3 is 12.0 Å². The summed E-state index contributed by atoms with van der Waals surface area (Å²) in [6.45, 7) is 3.47. The number of rotatable bonds is 7. The zero-order valence-corrected chi connectivity index (χ0v) is 18.5. The second-order valence-electron chi connectivity index (χ2n) is 7.58. The summed E-state index contributed by atoms with van der Waals surface area (Å²) in [7, 11) is 1.21. The zero-order valence-electron chi connectivity index (χ0n) is 18.5. The monoisotopic (exact) mass is 472 g/mol. The lowest BCUT2D eigenvalue weighted by atomic mass is 10.0. The number of anilines is 2. The number of urea groups is 1. The molecule has 1 atom stereocenters. The number of benzene rings is 2. The number of hydrogen-bond acceptors (Lipinski definition) is 6. The predicted molar refractivity (Wildman–Crippen MR) is 119 cm³/mol. The first kappa shape index (κ1) is 24.4. The molecule has 1 aromatic heterocycles. The lowest BCUT2D eigenvalue weighted by molar-refractivity contribution is -0.144. The average Bonchev–Trinajstić information content (AvgIpc) is 3.28. The molecule has 3 amide bonds. The van der Waals surface area contributed by atoms with Crippen LogP contribution in [0.1, 0.15) is 24.4 Å². The molecule has 2 aromatic carbocycles. The van der Waals surface area contributed by atoms with E-state index >= 15 is 0 Å². The van der Waals surface area contributed by atoms with Crippen molar-refractivity contribution in [3.8, 4) is 11.3 Å². The number of halogens is 2. The van der Waals surface area contributed by atoms with E-state index in [2.05, 4.69) is 25.8 Å². The van der Waals surface area contributed by atoms with E-state index in [9.17, 15) is 23.2 Å². The third-order valence-electron chi connectivity index (χ3n) is 4.75. The molecule has 9 nitrogen and oxygen atoms in total. The molecule has 0 spiro atoms. The summed E-state index contributed by atoms with van der Waals surface area (Å²) in [5.41, 5.74) is 0.585. The number of carbonyl (C=O) groups excluding carboxylic acids is 3. The molecule has 0 bridgehead atoms. The van der Waals surface area contributed by atoms with Crippen LogP contribution in [0.3, 0.4) is 0 Å². The molecule has 3 rings (SSSR count). The zero-order chi connectivity index (χ0) is 24.8. The summed E-state index contributed by atoms with van der Waals surface area (Å²) >= 11 is 0. The van der Waals surface area contributed by atoms with Gasteiger partial charge in [0, 0.05) is 23.0 Å². The molecule has 0 saturated carbocycles. The van der Waals surface area contributed by atoms with Gasteiger partial charge in [-0.1, -0.05) is 19.0 Å². The van der Waals surface area contributed by atoms with Crippen molar-refractivity contribution in [1.29, 1.82) is 0 Å². The summed E-state index contributed by atoms with van der Waals surface area (Å²) < 4.78 is 37.3. The Kier molecular flexibility index (Phi) is 7.57. The van der Waals surface area contributed by atoms with Crippen LogP contribution in [-0.4, -0.2) is 36.2 Å². The number of esters is 1. The van der Waals surface area contributed by atoms with Crippen LogP contribution in [-0.2, 0) is 9.53 Å². The Labute approximate surface area is 193 Å². The number of carbonyl (C=O) groups is 3. The molecule has 3 N–H and O–H groups in total. The van der Waals surface area contributed by atoms with Crippen LogP contribution < -0.4 is 16.0 Å². The van der Waals surface area contributed by atoms with E-state index in [0.29, 0.717) is 5.69 Å². The highest BCUT2D eigenvalue weighted by Gasteiger charge is 2.27. The average molecular weight is 472 g/mol. The Morgan fingerprint density at radius 1 is 0.971 bits per heavy atom. The van der Waals surface area contributed by atoms with Gasteiger partial charge in [0.25, 0.3) is 5.91 Å². The summed E-state index contributed by atoms with van der Waals surface area (Å²) in [5.74, 6) is -2.95. The fourth-order valence-electron chi connectivity index (χ4n) is 2.97. The van der Waals surface area contributed by atoms with Gasteiger partial charge in [-0.3, -0.25) is 4.79 Å². The van der Waals surface area contributed by atoms with Gasteiger partial charge in [0.1, 0.15) is 23.4 Å². The summed E-state index contributed by atoms with van der Waals surface area (Å²) in [6.07, 6.45) is 0. The topological polar surface area (TPSA) is 123 Å². The van der Waals surface area contributed by atoms with Crippen molar-refractivity contribution in [3.05, 3.63) is 65.9 Å². The smallest absolute Gasteiger partial charge is 0.328 e. The quantitative estimate of drug-likeness (QED) is 0.443. The van der Waals surface area contributed by atoms with Crippen molar-refractivity contribution in [3.63, 3.8) is 0 Å². The second kappa shape index (κ2) is 10.6. The molecule has 1 heterocycles. The first-order valence-corrected chi connectivity index (χ1v) is 10.2. The molecule has 3 aromatic rings. The number of nitrogens with zero attached hydrogens (tertiary/aromatic N) is 1. The Bertz CT molecular complexity index is 1190. The van der Waals surface area contributed by atoms with Crippen LogP contribution in [0.2, 0.25) is 0 Å². The van der Waals surface area contributed by atoms with E-state index in [1.54, 1.807) is 13.8 Å². The van der Waals surface area contributed by atoms with Crippen LogP contribution in [0.15, 0.2) is 53.1 Å². The SMILES string of the molecule is COC(=O)C(NC(=O)c1cc(-c2ccc(NC(=O)Nc3ccc(F)cc3)cc2F)no1)C(C)C. The van der Waals surface area contributed by atoms with E-state index < -0.39 is 35.6 Å². The molecule has 178 valence electrons. The first-order chi connectivity index (χ1) is 16.2. The Hall–Kier alpha value is -4.28. The first-order valence-electron chi connectivity index (χ1n) is 10.2. The lowest BCUT2D eigenvalue weighted by Crippen LogP contribution is -2.44. The summed E-state index contributed by atoms with van der Waals surface area (Å²) in [5, 5.41) is 11.2. The number of aromatic nitrogens is 1. The van der Waals surface area contributed by atoms with Crippen LogP contribution in [0, 0.1) is 17.6 Å². The van der Waals surface area contributed by atoms with E-state index in [-0.39, 0.29) is 28.6 Å². The highest BCUT2D eigenvalue weighted by molar-refractivity contribution is 6.00. The van der Waals surface area contributed by atoms with E-state index in [1.807, 2.05) is 0 Å². The van der Waals surface area contributed by atoms with Crippen molar-refractivity contribution in [2.45, 2.75) is 19.9 Å². The Morgan fingerprint density at radius 2 is 1.62 bits per heavy atom. The summed E-state index contributed by atoms with van der Waals surface area (Å²) in [4.78, 5) is 36.3. The normalized spacial score (nSPS) is 11.6. The molecule has 1 unspecified atom stereocenters. The van der Waals surface area contributed by atoms with E-state index in [1.165, 1.54) is 49.6 Å². The molecule has 0 saturated heterocycles. The van der Waals surface area contributed by atoms with Crippen LogP contribution in [0.25, 0.3) is 11.3 Å². The standard InChI is InChI=1S/C23H22F2N4O5/c1-12(2)20(22(31)33-3)28-21(30)19-11-18(29-34-19)16-9-8-15(10-17(16)25)27-23(32)26-14-6-4-13(24)5-7-14/h4-12,20H,1-3H3,(H,28,30)(H2,26,27,32). The van der Waals surface area contributed by atoms with Crippen molar-refractivity contribution < 1.29 is 32.4 Å².